The topological polar surface area (TPSA) is 48.9 Å². The van der Waals surface area contributed by atoms with E-state index in [4.69, 9.17) is 13.9 Å². The highest BCUT2D eigenvalue weighted by atomic mass is 16.5. The Balaban J connectivity index is 1.55. The maximum Gasteiger partial charge on any atom is 0.155 e. The van der Waals surface area contributed by atoms with E-state index in [2.05, 4.69) is 11.9 Å². The van der Waals surface area contributed by atoms with Crippen LogP contribution in [0, 0.1) is 6.92 Å². The number of imidazole rings is 1. The molecule has 0 saturated heterocycles. The smallest absolute Gasteiger partial charge is 0.155 e. The van der Waals surface area contributed by atoms with Gasteiger partial charge in [0.05, 0.1) is 12.5 Å². The summed E-state index contributed by atoms with van der Waals surface area (Å²) in [4.78, 5) is 4.68. The van der Waals surface area contributed by atoms with Crippen molar-refractivity contribution in [1.82, 2.24) is 9.38 Å². The summed E-state index contributed by atoms with van der Waals surface area (Å²) < 4.78 is 19.7. The average Bonchev–Trinajstić information content (AvgIpc) is 3.36. The zero-order valence-corrected chi connectivity index (χ0v) is 16.3. The first-order valence-electron chi connectivity index (χ1n) is 9.43. The number of aromatic nitrogens is 2. The minimum atomic E-state index is 0.470. The largest absolute Gasteiger partial charge is 0.496 e. The minimum absolute atomic E-state index is 0.470. The van der Waals surface area contributed by atoms with E-state index in [9.17, 15) is 0 Å². The summed E-state index contributed by atoms with van der Waals surface area (Å²) in [6, 6.07) is 19.8. The molecule has 0 amide bonds. The molecule has 0 spiro atoms. The molecule has 0 aliphatic heterocycles. The Morgan fingerprint density at radius 2 is 1.86 bits per heavy atom. The standard InChI is InChI=1S/C24H20N2O3/c1-16-8-9-24-25-20(14-26(24)13-16)23-12-19-21(10-18(27-2)11-22(19)29-23)28-15-17-6-4-3-5-7-17/h3-14H,15H2,1-2H3. The van der Waals surface area contributed by atoms with E-state index in [1.807, 2.05) is 77.5 Å². The molecule has 3 aromatic heterocycles. The van der Waals surface area contributed by atoms with Gasteiger partial charge in [0.25, 0.3) is 0 Å². The molecular formula is C24H20N2O3. The monoisotopic (exact) mass is 384 g/mol. The number of hydrogen-bond donors (Lipinski definition) is 0. The number of pyridine rings is 1. The number of ether oxygens (including phenoxy) is 2. The van der Waals surface area contributed by atoms with Crippen LogP contribution in [0.3, 0.4) is 0 Å². The summed E-state index contributed by atoms with van der Waals surface area (Å²) in [5.41, 5.74) is 4.63. The second-order valence-electron chi connectivity index (χ2n) is 7.02. The Bertz CT molecular complexity index is 1300. The van der Waals surface area contributed by atoms with E-state index in [0.29, 0.717) is 23.7 Å². The van der Waals surface area contributed by atoms with E-state index in [-0.39, 0.29) is 0 Å². The van der Waals surface area contributed by atoms with E-state index in [1.165, 1.54) is 5.56 Å². The minimum Gasteiger partial charge on any atom is -0.496 e. The SMILES string of the molecule is COc1cc(OCc2ccccc2)c2cc(-c3cn4cc(C)ccc4n3)oc2c1. The van der Waals surface area contributed by atoms with Crippen LogP contribution in [-0.4, -0.2) is 16.5 Å². The predicted octanol–water partition coefficient (Wildman–Crippen LogP) is 5.64. The lowest BCUT2D eigenvalue weighted by molar-refractivity contribution is 0.307. The van der Waals surface area contributed by atoms with E-state index >= 15 is 0 Å². The first-order chi connectivity index (χ1) is 14.2. The summed E-state index contributed by atoms with van der Waals surface area (Å²) in [6.07, 6.45) is 4.02. The summed E-state index contributed by atoms with van der Waals surface area (Å²) in [7, 11) is 1.64. The van der Waals surface area contributed by atoms with E-state index < -0.39 is 0 Å². The highest BCUT2D eigenvalue weighted by molar-refractivity contribution is 5.89. The van der Waals surface area contributed by atoms with Gasteiger partial charge in [0.1, 0.15) is 35.0 Å². The molecule has 0 aliphatic carbocycles. The number of aryl methyl sites for hydroxylation is 1. The number of rotatable bonds is 5. The van der Waals surface area contributed by atoms with Gasteiger partial charge < -0.3 is 18.3 Å². The fourth-order valence-electron chi connectivity index (χ4n) is 3.40. The number of fused-ring (bicyclic) bond motifs is 2. The number of benzene rings is 2. The third kappa shape index (κ3) is 3.31. The van der Waals surface area contributed by atoms with E-state index in [1.54, 1.807) is 7.11 Å². The summed E-state index contributed by atoms with van der Waals surface area (Å²) in [5, 5.41) is 0.893. The van der Waals surface area contributed by atoms with Gasteiger partial charge in [0.15, 0.2) is 5.76 Å². The molecule has 5 nitrogen and oxygen atoms in total. The Morgan fingerprint density at radius 3 is 2.69 bits per heavy atom. The van der Waals surface area contributed by atoms with Gasteiger partial charge in [-0.25, -0.2) is 4.98 Å². The second-order valence-corrected chi connectivity index (χ2v) is 7.02. The van der Waals surface area contributed by atoms with Crippen LogP contribution in [0.1, 0.15) is 11.1 Å². The van der Waals surface area contributed by atoms with Gasteiger partial charge >= 0.3 is 0 Å². The van der Waals surface area contributed by atoms with Gasteiger partial charge in [0.2, 0.25) is 0 Å². The lowest BCUT2D eigenvalue weighted by Crippen LogP contribution is -1.96. The van der Waals surface area contributed by atoms with E-state index in [0.717, 1.165) is 28.0 Å². The van der Waals surface area contributed by atoms with Crippen molar-refractivity contribution in [3.8, 4) is 23.0 Å². The Morgan fingerprint density at radius 1 is 1.00 bits per heavy atom. The van der Waals surface area contributed by atoms with Crippen LogP contribution in [0.15, 0.2) is 77.5 Å². The first kappa shape index (κ1) is 17.4. The molecule has 0 bridgehead atoms. The molecule has 0 saturated carbocycles. The maximum absolute atomic E-state index is 6.11. The Labute approximate surface area is 168 Å². The van der Waals surface area contributed by atoms with Gasteiger partial charge in [-0.2, -0.15) is 0 Å². The molecular weight excluding hydrogens is 364 g/mol. The van der Waals surface area contributed by atoms with Gasteiger partial charge in [-0.1, -0.05) is 36.4 Å². The molecule has 144 valence electrons. The fraction of sp³-hybridized carbons (Fsp3) is 0.125. The van der Waals surface area contributed by atoms with Crippen molar-refractivity contribution < 1.29 is 13.9 Å². The van der Waals surface area contributed by atoms with Crippen molar-refractivity contribution in [1.29, 1.82) is 0 Å². The molecule has 0 atom stereocenters. The van der Waals surface area contributed by atoms with Crippen molar-refractivity contribution in [2.45, 2.75) is 13.5 Å². The van der Waals surface area contributed by atoms with Gasteiger partial charge in [-0.05, 0) is 30.2 Å². The molecule has 5 rings (SSSR count). The molecule has 0 unspecified atom stereocenters. The highest BCUT2D eigenvalue weighted by Gasteiger charge is 2.15. The normalized spacial score (nSPS) is 11.2. The molecule has 29 heavy (non-hydrogen) atoms. The van der Waals surface area contributed by atoms with Crippen LogP contribution in [-0.2, 0) is 6.61 Å². The maximum atomic E-state index is 6.11. The number of hydrogen-bond acceptors (Lipinski definition) is 4. The molecule has 5 heteroatoms. The Hall–Kier alpha value is -3.73. The second kappa shape index (κ2) is 7.02. The van der Waals surface area contributed by atoms with Gasteiger partial charge in [-0.15, -0.1) is 0 Å². The predicted molar refractivity (Wildman–Crippen MR) is 112 cm³/mol. The number of furan rings is 1. The molecule has 3 heterocycles. The zero-order chi connectivity index (χ0) is 19.8. The molecule has 0 fully saturated rings. The third-order valence-electron chi connectivity index (χ3n) is 4.90. The fourth-order valence-corrected chi connectivity index (χ4v) is 3.40. The molecule has 2 aromatic carbocycles. The van der Waals surface area contributed by atoms with Crippen LogP contribution >= 0.6 is 0 Å². The number of nitrogens with zero attached hydrogens (tertiary/aromatic N) is 2. The van der Waals surface area contributed by atoms with Gasteiger partial charge in [-0.3, -0.25) is 0 Å². The lowest BCUT2D eigenvalue weighted by atomic mass is 10.2. The van der Waals surface area contributed by atoms with Crippen molar-refractivity contribution in [3.63, 3.8) is 0 Å². The summed E-state index contributed by atoms with van der Waals surface area (Å²) in [6.45, 7) is 2.53. The quantitative estimate of drug-likeness (QED) is 0.393. The molecule has 0 aliphatic rings. The van der Waals surface area contributed by atoms with Crippen molar-refractivity contribution in [2.75, 3.05) is 7.11 Å². The first-order valence-corrected chi connectivity index (χ1v) is 9.43. The van der Waals surface area contributed by atoms with Crippen molar-refractivity contribution >= 4 is 16.6 Å². The van der Waals surface area contributed by atoms with Crippen molar-refractivity contribution in [3.05, 3.63) is 84.2 Å². The zero-order valence-electron chi connectivity index (χ0n) is 16.3. The molecule has 5 aromatic rings. The summed E-state index contributed by atoms with van der Waals surface area (Å²) in [5.74, 6) is 2.10. The molecule has 0 radical (unpaired) electrons. The lowest BCUT2D eigenvalue weighted by Gasteiger charge is -2.09. The highest BCUT2D eigenvalue weighted by Crippen LogP contribution is 2.37. The van der Waals surface area contributed by atoms with Crippen LogP contribution < -0.4 is 9.47 Å². The average molecular weight is 384 g/mol. The van der Waals surface area contributed by atoms with Crippen LogP contribution in [0.4, 0.5) is 0 Å². The van der Waals surface area contributed by atoms with Crippen LogP contribution in [0.25, 0.3) is 28.1 Å². The van der Waals surface area contributed by atoms with Crippen LogP contribution in [0.5, 0.6) is 11.5 Å². The number of methoxy groups -OCH3 is 1. The van der Waals surface area contributed by atoms with Crippen LogP contribution in [0.2, 0.25) is 0 Å². The molecule has 0 N–H and O–H groups in total. The van der Waals surface area contributed by atoms with Gasteiger partial charge in [0, 0.05) is 24.5 Å². The Kier molecular flexibility index (Phi) is 4.21. The third-order valence-corrected chi connectivity index (χ3v) is 4.90. The summed E-state index contributed by atoms with van der Waals surface area (Å²) >= 11 is 0. The van der Waals surface area contributed by atoms with Crippen molar-refractivity contribution in [2.24, 2.45) is 0 Å².